The highest BCUT2D eigenvalue weighted by Crippen LogP contribution is 2.31. The van der Waals surface area contributed by atoms with Crippen molar-refractivity contribution in [1.82, 2.24) is 0 Å². The van der Waals surface area contributed by atoms with E-state index in [2.05, 4.69) is 0 Å². The second-order valence-corrected chi connectivity index (χ2v) is 11.4. The molecule has 0 aromatic heterocycles. The van der Waals surface area contributed by atoms with Crippen molar-refractivity contribution in [1.29, 1.82) is 0 Å². The van der Waals surface area contributed by atoms with Gasteiger partial charge in [0.25, 0.3) is 0 Å². The van der Waals surface area contributed by atoms with Gasteiger partial charge in [-0.25, -0.2) is 9.59 Å². The van der Waals surface area contributed by atoms with Crippen LogP contribution in [0.4, 0.5) is 0 Å². The van der Waals surface area contributed by atoms with E-state index >= 15 is 0 Å². The smallest absolute Gasteiger partial charge is 0.343 e. The number of hydrogen-bond donors (Lipinski definition) is 1. The van der Waals surface area contributed by atoms with Crippen LogP contribution < -0.4 is 9.47 Å². The molecule has 1 aliphatic rings. The number of carbonyl (C=O) groups excluding carboxylic acids is 2. The molecule has 49 heavy (non-hydrogen) atoms. The summed E-state index contributed by atoms with van der Waals surface area (Å²) < 4.78 is 36.3. The van der Waals surface area contributed by atoms with Crippen molar-refractivity contribution < 1.29 is 43.1 Å². The number of benzene rings is 5. The topological polar surface area (TPSA) is 110 Å². The molecule has 0 spiro atoms. The molecule has 9 nitrogen and oxygen atoms in total. The van der Waals surface area contributed by atoms with Gasteiger partial charge >= 0.3 is 11.9 Å². The van der Waals surface area contributed by atoms with Gasteiger partial charge in [0, 0.05) is 0 Å². The lowest BCUT2D eigenvalue weighted by atomic mass is 9.98. The lowest BCUT2D eigenvalue weighted by Gasteiger charge is -2.43. The first kappa shape index (κ1) is 33.6. The summed E-state index contributed by atoms with van der Waals surface area (Å²) in [6.07, 6.45) is -5.63. The molecular weight excluding hydrogens is 624 g/mol. The molecule has 0 bridgehead atoms. The van der Waals surface area contributed by atoms with E-state index in [-0.39, 0.29) is 13.2 Å². The van der Waals surface area contributed by atoms with Crippen LogP contribution in [0.3, 0.4) is 0 Å². The van der Waals surface area contributed by atoms with E-state index < -0.39 is 42.6 Å². The minimum absolute atomic E-state index is 0.0546. The van der Waals surface area contributed by atoms with Crippen LogP contribution in [0.1, 0.15) is 31.8 Å². The Balaban J connectivity index is 1.22. The van der Waals surface area contributed by atoms with E-state index in [9.17, 15) is 14.7 Å². The molecule has 0 saturated carbocycles. The Bertz CT molecular complexity index is 1750. The first-order valence-corrected chi connectivity index (χ1v) is 15.9. The van der Waals surface area contributed by atoms with E-state index in [0.29, 0.717) is 29.2 Å². The van der Waals surface area contributed by atoms with Crippen molar-refractivity contribution in [2.24, 2.45) is 0 Å². The molecule has 0 radical (unpaired) electrons. The molecule has 5 atom stereocenters. The Kier molecular flexibility index (Phi) is 11.4. The van der Waals surface area contributed by atoms with Crippen LogP contribution >= 0.6 is 0 Å². The Morgan fingerprint density at radius 2 is 1.10 bits per heavy atom. The summed E-state index contributed by atoms with van der Waals surface area (Å²) in [4.78, 5) is 25.8. The van der Waals surface area contributed by atoms with Crippen LogP contribution in [0.2, 0.25) is 0 Å². The molecule has 0 aliphatic carbocycles. The van der Waals surface area contributed by atoms with Gasteiger partial charge < -0.3 is 33.5 Å². The van der Waals surface area contributed by atoms with Crippen LogP contribution in [0, 0.1) is 0 Å². The molecule has 1 aliphatic heterocycles. The highest BCUT2D eigenvalue weighted by molar-refractivity contribution is 5.91. The molecule has 1 fully saturated rings. The molecule has 1 saturated heterocycles. The third kappa shape index (κ3) is 9.19. The van der Waals surface area contributed by atoms with Gasteiger partial charge in [-0.3, -0.25) is 0 Å². The number of aliphatic hydroxyl groups excluding tert-OH is 1. The monoisotopic (exact) mass is 660 g/mol. The highest BCUT2D eigenvalue weighted by Gasteiger charge is 2.49. The van der Waals surface area contributed by atoms with E-state index in [1.165, 1.54) is 0 Å². The summed E-state index contributed by atoms with van der Waals surface area (Å²) in [5.41, 5.74) is 2.58. The second-order valence-electron chi connectivity index (χ2n) is 11.4. The Morgan fingerprint density at radius 3 is 1.69 bits per heavy atom. The maximum Gasteiger partial charge on any atom is 0.343 e. The minimum atomic E-state index is -1.36. The van der Waals surface area contributed by atoms with Crippen molar-refractivity contribution in [2.45, 2.75) is 43.9 Å². The van der Waals surface area contributed by atoms with Gasteiger partial charge in [0.1, 0.15) is 29.8 Å². The van der Waals surface area contributed by atoms with Crippen molar-refractivity contribution >= 4 is 11.9 Å². The normalized spacial score (nSPS) is 20.2. The number of aliphatic hydroxyl groups is 1. The summed E-state index contributed by atoms with van der Waals surface area (Å²) in [6, 6.07) is 42.7. The summed E-state index contributed by atoms with van der Waals surface area (Å²) >= 11 is 0. The fraction of sp³-hybridized carbons (Fsp3) is 0.200. The third-order valence-corrected chi connectivity index (χ3v) is 7.84. The van der Waals surface area contributed by atoms with Gasteiger partial charge in [0.2, 0.25) is 6.29 Å². The molecule has 1 heterocycles. The minimum Gasteiger partial charge on any atom is -0.461 e. The zero-order valence-corrected chi connectivity index (χ0v) is 26.6. The van der Waals surface area contributed by atoms with Crippen LogP contribution in [-0.2, 0) is 32.2 Å². The molecule has 1 N–H and O–H groups in total. The van der Waals surface area contributed by atoms with E-state index in [4.69, 9.17) is 28.4 Å². The van der Waals surface area contributed by atoms with Crippen LogP contribution in [0.5, 0.6) is 11.5 Å². The quantitative estimate of drug-likeness (QED) is 0.113. The first-order chi connectivity index (χ1) is 24.0. The van der Waals surface area contributed by atoms with Gasteiger partial charge in [0.15, 0.2) is 6.10 Å². The van der Waals surface area contributed by atoms with Gasteiger partial charge in [-0.05, 0) is 59.7 Å². The molecule has 9 heteroatoms. The second kappa shape index (κ2) is 16.7. The molecule has 6 rings (SSSR count). The molecular formula is C40H36O9. The lowest BCUT2D eigenvalue weighted by Crippen LogP contribution is -2.62. The Hall–Kier alpha value is -5.32. The predicted octanol–water partition coefficient (Wildman–Crippen LogP) is 6.40. The van der Waals surface area contributed by atoms with Crippen molar-refractivity contribution in [3.63, 3.8) is 0 Å². The Labute approximate surface area is 284 Å². The molecule has 0 amide bonds. The summed E-state index contributed by atoms with van der Waals surface area (Å²) in [5.74, 6) is -0.532. The van der Waals surface area contributed by atoms with Crippen LogP contribution in [-0.4, -0.2) is 54.4 Å². The molecule has 250 valence electrons. The zero-order chi connectivity index (χ0) is 33.8. The molecule has 5 aromatic rings. The number of rotatable bonds is 13. The van der Waals surface area contributed by atoms with Crippen LogP contribution in [0.15, 0.2) is 146 Å². The lowest BCUT2D eigenvalue weighted by molar-refractivity contribution is -0.289. The fourth-order valence-corrected chi connectivity index (χ4v) is 5.32. The zero-order valence-electron chi connectivity index (χ0n) is 26.6. The average Bonchev–Trinajstić information content (AvgIpc) is 3.15. The average molecular weight is 661 g/mol. The van der Waals surface area contributed by atoms with Crippen molar-refractivity contribution in [3.05, 3.63) is 168 Å². The fourth-order valence-electron chi connectivity index (χ4n) is 5.32. The van der Waals surface area contributed by atoms with E-state index in [1.54, 1.807) is 78.9 Å². The van der Waals surface area contributed by atoms with Gasteiger partial charge in [-0.2, -0.15) is 0 Å². The van der Waals surface area contributed by atoms with Crippen molar-refractivity contribution in [2.75, 3.05) is 6.61 Å². The first-order valence-electron chi connectivity index (χ1n) is 15.9. The van der Waals surface area contributed by atoms with Gasteiger partial charge in [0.05, 0.1) is 30.9 Å². The van der Waals surface area contributed by atoms with Gasteiger partial charge in [-0.1, -0.05) is 97.1 Å². The number of ether oxygens (including phenoxy) is 6. The van der Waals surface area contributed by atoms with Crippen molar-refractivity contribution in [3.8, 4) is 11.5 Å². The SMILES string of the molecule is O=C(Oc1ccc(OC2O[C@H](COCc3ccccc3)[C@@H](OCc3ccccc3)[C@H](O)[C@@H]2OC(=O)c2ccccc2)cc1)c1ccccc1. The number of hydrogen-bond acceptors (Lipinski definition) is 9. The summed E-state index contributed by atoms with van der Waals surface area (Å²) in [7, 11) is 0. The maximum atomic E-state index is 13.3. The van der Waals surface area contributed by atoms with Crippen LogP contribution in [0.25, 0.3) is 0 Å². The maximum absolute atomic E-state index is 13.3. The number of carbonyl (C=O) groups is 2. The molecule has 1 unspecified atom stereocenters. The third-order valence-electron chi connectivity index (χ3n) is 7.84. The number of esters is 2. The summed E-state index contributed by atoms with van der Waals surface area (Å²) in [5, 5.41) is 11.8. The summed E-state index contributed by atoms with van der Waals surface area (Å²) in [6.45, 7) is 0.539. The van der Waals surface area contributed by atoms with E-state index in [0.717, 1.165) is 11.1 Å². The Morgan fingerprint density at radius 1 is 0.592 bits per heavy atom. The van der Waals surface area contributed by atoms with Gasteiger partial charge in [-0.15, -0.1) is 0 Å². The predicted molar refractivity (Wildman–Crippen MR) is 180 cm³/mol. The largest absolute Gasteiger partial charge is 0.461 e. The van der Waals surface area contributed by atoms with E-state index in [1.807, 2.05) is 66.7 Å². The highest BCUT2D eigenvalue weighted by atomic mass is 16.7. The molecule has 5 aromatic carbocycles. The standard InChI is InChI=1S/C40H36O9/c41-35-36(45-26-29-15-7-2-8-16-29)34(27-44-25-28-13-5-1-6-14-28)48-40(37(35)49-39(43)31-19-11-4-12-20-31)47-33-23-21-32(22-24-33)46-38(42)30-17-9-3-10-18-30/h1-24,34-37,40-41H,25-27H2/t34-,35+,36-,37+,40?/m1/s1.